The summed E-state index contributed by atoms with van der Waals surface area (Å²) >= 11 is 1.48. The van der Waals surface area contributed by atoms with Gasteiger partial charge in [-0.15, -0.1) is 16.4 Å². The Bertz CT molecular complexity index is 929. The van der Waals surface area contributed by atoms with E-state index in [-0.39, 0.29) is 5.91 Å². The highest BCUT2D eigenvalue weighted by atomic mass is 32.1. The molecule has 0 radical (unpaired) electrons. The number of methoxy groups -OCH3 is 1. The lowest BCUT2D eigenvalue weighted by Crippen LogP contribution is -2.12. The van der Waals surface area contributed by atoms with Gasteiger partial charge in [-0.1, -0.05) is 0 Å². The number of carbonyl (C=O) groups is 1. The maximum atomic E-state index is 12.7. The van der Waals surface area contributed by atoms with Gasteiger partial charge in [-0.25, -0.2) is 0 Å². The molecule has 4 rings (SSSR count). The number of rotatable bonds is 5. The molecule has 1 aromatic carbocycles. The molecule has 25 heavy (non-hydrogen) atoms. The van der Waals surface area contributed by atoms with Crippen LogP contribution in [0, 0.1) is 6.92 Å². The summed E-state index contributed by atoms with van der Waals surface area (Å²) < 4.78 is 6.97. The first kappa shape index (κ1) is 15.8. The Morgan fingerprint density at radius 3 is 2.88 bits per heavy atom. The first-order valence-electron chi connectivity index (χ1n) is 7.99. The minimum absolute atomic E-state index is 0.0820. The van der Waals surface area contributed by atoms with E-state index in [1.165, 1.54) is 24.2 Å². The van der Waals surface area contributed by atoms with Gasteiger partial charge in [-0.05, 0) is 71.3 Å². The van der Waals surface area contributed by atoms with Crippen molar-refractivity contribution in [3.63, 3.8) is 0 Å². The molecule has 0 unspecified atom stereocenters. The molecule has 1 aliphatic carbocycles. The van der Waals surface area contributed by atoms with Crippen molar-refractivity contribution in [2.75, 3.05) is 12.4 Å². The van der Waals surface area contributed by atoms with E-state index >= 15 is 0 Å². The molecule has 1 aliphatic rings. The van der Waals surface area contributed by atoms with Gasteiger partial charge in [0, 0.05) is 5.69 Å². The summed E-state index contributed by atoms with van der Waals surface area (Å²) in [4.78, 5) is 13.5. The Labute approximate surface area is 148 Å². The standard InChI is InChI=1S/C17H17N5O2S/c1-10-19-20-21-22(10)14-9-12(5-6-15(14)24-2)18-17(23)16-13(7-8-25-16)11-3-4-11/h5-9,11H,3-4H2,1-2H3,(H,18,23). The topological polar surface area (TPSA) is 81.9 Å². The summed E-state index contributed by atoms with van der Waals surface area (Å²) in [5.74, 6) is 1.73. The van der Waals surface area contributed by atoms with E-state index < -0.39 is 0 Å². The molecule has 2 aromatic heterocycles. The van der Waals surface area contributed by atoms with E-state index in [9.17, 15) is 4.79 Å². The monoisotopic (exact) mass is 355 g/mol. The highest BCUT2D eigenvalue weighted by Gasteiger charge is 2.29. The second kappa shape index (κ2) is 6.29. The van der Waals surface area contributed by atoms with Crippen molar-refractivity contribution in [3.8, 4) is 11.4 Å². The average Bonchev–Trinajstić information content (AvgIpc) is 3.17. The molecule has 2 heterocycles. The summed E-state index contributed by atoms with van der Waals surface area (Å²) in [6.07, 6.45) is 2.34. The number of thiophene rings is 1. The van der Waals surface area contributed by atoms with E-state index in [1.54, 1.807) is 24.8 Å². The quantitative estimate of drug-likeness (QED) is 0.760. The highest BCUT2D eigenvalue weighted by Crippen LogP contribution is 2.43. The highest BCUT2D eigenvalue weighted by molar-refractivity contribution is 7.12. The lowest BCUT2D eigenvalue weighted by molar-refractivity contribution is 0.102. The number of carbonyl (C=O) groups excluding carboxylic acids is 1. The molecular weight excluding hydrogens is 338 g/mol. The van der Waals surface area contributed by atoms with Crippen LogP contribution in [0.1, 0.15) is 39.8 Å². The Balaban J connectivity index is 1.63. The Kier molecular flexibility index (Phi) is 3.96. The number of benzene rings is 1. The summed E-state index contributed by atoms with van der Waals surface area (Å²) in [6, 6.07) is 7.47. The molecule has 0 atom stereocenters. The molecular formula is C17H17N5O2S. The SMILES string of the molecule is COc1ccc(NC(=O)c2sccc2C2CC2)cc1-n1nnnc1C. The maximum Gasteiger partial charge on any atom is 0.266 e. The molecule has 0 bridgehead atoms. The first-order valence-corrected chi connectivity index (χ1v) is 8.87. The van der Waals surface area contributed by atoms with Gasteiger partial charge in [-0.2, -0.15) is 4.68 Å². The van der Waals surface area contributed by atoms with E-state index in [0.717, 1.165) is 10.4 Å². The molecule has 0 saturated heterocycles. The van der Waals surface area contributed by atoms with Crippen LogP contribution in [0.4, 0.5) is 5.69 Å². The molecule has 1 fully saturated rings. The normalized spacial score (nSPS) is 13.7. The van der Waals surface area contributed by atoms with Gasteiger partial charge in [0.1, 0.15) is 11.4 Å². The van der Waals surface area contributed by atoms with Crippen LogP contribution in [0.25, 0.3) is 5.69 Å². The zero-order chi connectivity index (χ0) is 17.4. The molecule has 0 spiro atoms. The van der Waals surface area contributed by atoms with Crippen molar-refractivity contribution in [2.24, 2.45) is 0 Å². The van der Waals surface area contributed by atoms with Crippen molar-refractivity contribution < 1.29 is 9.53 Å². The minimum Gasteiger partial charge on any atom is -0.494 e. The Morgan fingerprint density at radius 2 is 2.20 bits per heavy atom. The van der Waals surface area contributed by atoms with Gasteiger partial charge < -0.3 is 10.1 Å². The van der Waals surface area contributed by atoms with Gasteiger partial charge >= 0.3 is 0 Å². The van der Waals surface area contributed by atoms with E-state index in [1.807, 2.05) is 17.5 Å². The number of amides is 1. The number of hydrogen-bond donors (Lipinski definition) is 1. The summed E-state index contributed by atoms with van der Waals surface area (Å²) in [5.41, 5.74) is 2.51. The predicted molar refractivity (Wildman–Crippen MR) is 94.7 cm³/mol. The summed E-state index contributed by atoms with van der Waals surface area (Å²) in [6.45, 7) is 1.80. The lowest BCUT2D eigenvalue weighted by atomic mass is 10.1. The largest absolute Gasteiger partial charge is 0.494 e. The van der Waals surface area contributed by atoms with Crippen LogP contribution in [0.15, 0.2) is 29.6 Å². The van der Waals surface area contributed by atoms with Crippen LogP contribution in [-0.2, 0) is 0 Å². The second-order valence-electron chi connectivity index (χ2n) is 5.96. The second-order valence-corrected chi connectivity index (χ2v) is 6.87. The third kappa shape index (κ3) is 3.00. The summed E-state index contributed by atoms with van der Waals surface area (Å²) in [7, 11) is 1.59. The average molecular weight is 355 g/mol. The van der Waals surface area contributed by atoms with E-state index in [4.69, 9.17) is 4.74 Å². The number of nitrogens with zero attached hydrogens (tertiary/aromatic N) is 4. The van der Waals surface area contributed by atoms with Gasteiger partial charge in [0.25, 0.3) is 5.91 Å². The Hall–Kier alpha value is -2.74. The molecule has 1 saturated carbocycles. The first-order chi connectivity index (χ1) is 12.2. The zero-order valence-corrected chi connectivity index (χ0v) is 14.7. The number of aromatic nitrogens is 4. The number of aryl methyl sites for hydroxylation is 1. The van der Waals surface area contributed by atoms with Crippen LogP contribution < -0.4 is 10.1 Å². The Morgan fingerprint density at radius 1 is 1.36 bits per heavy atom. The molecule has 8 heteroatoms. The zero-order valence-electron chi connectivity index (χ0n) is 13.9. The number of ether oxygens (including phenoxy) is 1. The van der Waals surface area contributed by atoms with Crippen LogP contribution in [0.2, 0.25) is 0 Å². The van der Waals surface area contributed by atoms with Gasteiger partial charge in [-0.3, -0.25) is 4.79 Å². The molecule has 128 valence electrons. The molecule has 1 N–H and O–H groups in total. The van der Waals surface area contributed by atoms with Crippen molar-refractivity contribution >= 4 is 22.9 Å². The number of anilines is 1. The summed E-state index contributed by atoms with van der Waals surface area (Å²) in [5, 5.41) is 16.5. The van der Waals surface area contributed by atoms with Crippen molar-refractivity contribution in [1.29, 1.82) is 0 Å². The lowest BCUT2D eigenvalue weighted by Gasteiger charge is -2.12. The fourth-order valence-electron chi connectivity index (χ4n) is 2.79. The van der Waals surface area contributed by atoms with Crippen LogP contribution in [-0.4, -0.2) is 33.2 Å². The van der Waals surface area contributed by atoms with E-state index in [2.05, 4.69) is 26.9 Å². The predicted octanol–water partition coefficient (Wildman–Crippen LogP) is 3.17. The van der Waals surface area contributed by atoms with Crippen molar-refractivity contribution in [2.45, 2.75) is 25.7 Å². The van der Waals surface area contributed by atoms with Crippen LogP contribution >= 0.6 is 11.3 Å². The molecule has 0 aliphatic heterocycles. The third-order valence-electron chi connectivity index (χ3n) is 4.21. The number of hydrogen-bond acceptors (Lipinski definition) is 6. The van der Waals surface area contributed by atoms with E-state index in [0.29, 0.717) is 28.9 Å². The third-order valence-corrected chi connectivity index (χ3v) is 5.14. The van der Waals surface area contributed by atoms with Crippen molar-refractivity contribution in [3.05, 3.63) is 45.9 Å². The number of nitrogens with one attached hydrogen (secondary N) is 1. The smallest absolute Gasteiger partial charge is 0.266 e. The van der Waals surface area contributed by atoms with Gasteiger partial charge in [0.15, 0.2) is 5.82 Å². The van der Waals surface area contributed by atoms with Gasteiger partial charge in [0.2, 0.25) is 0 Å². The fraction of sp³-hybridized carbons (Fsp3) is 0.294. The van der Waals surface area contributed by atoms with Crippen LogP contribution in [0.3, 0.4) is 0 Å². The maximum absolute atomic E-state index is 12.7. The number of tetrazole rings is 1. The molecule has 1 amide bonds. The van der Waals surface area contributed by atoms with Gasteiger partial charge in [0.05, 0.1) is 12.0 Å². The molecule has 7 nitrogen and oxygen atoms in total. The fourth-order valence-corrected chi connectivity index (χ4v) is 3.67. The minimum atomic E-state index is -0.0820. The van der Waals surface area contributed by atoms with Crippen LogP contribution in [0.5, 0.6) is 5.75 Å². The van der Waals surface area contributed by atoms with Crippen molar-refractivity contribution in [1.82, 2.24) is 20.2 Å². The molecule has 3 aromatic rings.